The van der Waals surface area contributed by atoms with Gasteiger partial charge in [-0.25, -0.2) is 4.98 Å². The molecule has 1 heterocycles. The quantitative estimate of drug-likeness (QED) is 0.879. The molecule has 0 unspecified atom stereocenters. The van der Waals surface area contributed by atoms with Crippen LogP contribution in [-0.2, 0) is 6.54 Å². The highest BCUT2D eigenvalue weighted by atomic mass is 15.2. The van der Waals surface area contributed by atoms with Crippen molar-refractivity contribution in [1.29, 1.82) is 5.26 Å². The number of nitrogen functional groups attached to an aromatic ring is 1. The molecule has 0 aliphatic heterocycles. The minimum atomic E-state index is 0.394. The third-order valence-electron chi connectivity index (χ3n) is 2.51. The number of nitriles is 1. The van der Waals surface area contributed by atoms with Gasteiger partial charge in [-0.05, 0) is 17.7 Å². The van der Waals surface area contributed by atoms with Gasteiger partial charge in [0.1, 0.15) is 11.6 Å². The Hall–Kier alpha value is -2.61. The molecule has 0 radical (unpaired) electrons. The van der Waals surface area contributed by atoms with Gasteiger partial charge in [-0.1, -0.05) is 12.1 Å². The second-order valence-electron chi connectivity index (χ2n) is 3.97. The van der Waals surface area contributed by atoms with E-state index in [2.05, 4.69) is 16.0 Å². The van der Waals surface area contributed by atoms with Gasteiger partial charge in [0.05, 0.1) is 24.0 Å². The number of nitrogens with two attached hydrogens (primary N) is 1. The van der Waals surface area contributed by atoms with Crippen LogP contribution in [0.25, 0.3) is 0 Å². The van der Waals surface area contributed by atoms with Crippen LogP contribution in [-0.4, -0.2) is 17.0 Å². The smallest absolute Gasteiger partial charge is 0.149 e. The van der Waals surface area contributed by atoms with Gasteiger partial charge in [-0.15, -0.1) is 0 Å². The van der Waals surface area contributed by atoms with Crippen molar-refractivity contribution in [3.05, 3.63) is 47.8 Å². The Kier molecular flexibility index (Phi) is 3.39. The maximum atomic E-state index is 8.85. The minimum absolute atomic E-state index is 0.394. The van der Waals surface area contributed by atoms with E-state index >= 15 is 0 Å². The molecule has 5 heteroatoms. The first kappa shape index (κ1) is 11.9. The minimum Gasteiger partial charge on any atom is -0.382 e. The van der Waals surface area contributed by atoms with Crippen LogP contribution in [0.4, 0.5) is 11.6 Å². The average molecular weight is 239 g/mol. The molecule has 0 aliphatic rings. The van der Waals surface area contributed by atoms with Gasteiger partial charge in [0.25, 0.3) is 0 Å². The molecule has 90 valence electrons. The van der Waals surface area contributed by atoms with Gasteiger partial charge in [0.15, 0.2) is 0 Å². The highest BCUT2D eigenvalue weighted by molar-refractivity contribution is 5.42. The Morgan fingerprint density at radius 2 is 2.22 bits per heavy atom. The topological polar surface area (TPSA) is 78.8 Å². The standard InChI is InChI=1S/C13H13N5/c1-18(13-8-16-7-12(15)17-13)9-11-4-2-3-10(5-11)6-14/h2-5,7-8H,9H2,1H3,(H2,15,17). The number of hydrogen-bond donors (Lipinski definition) is 1. The van der Waals surface area contributed by atoms with E-state index in [4.69, 9.17) is 11.0 Å². The Morgan fingerprint density at radius 1 is 1.39 bits per heavy atom. The summed E-state index contributed by atoms with van der Waals surface area (Å²) >= 11 is 0. The van der Waals surface area contributed by atoms with Crippen molar-refractivity contribution in [1.82, 2.24) is 9.97 Å². The fraction of sp³-hybridized carbons (Fsp3) is 0.154. The van der Waals surface area contributed by atoms with Crippen LogP contribution in [0.1, 0.15) is 11.1 Å². The maximum Gasteiger partial charge on any atom is 0.149 e. The number of benzene rings is 1. The van der Waals surface area contributed by atoms with Crippen LogP contribution in [0.2, 0.25) is 0 Å². The van der Waals surface area contributed by atoms with E-state index in [1.54, 1.807) is 12.3 Å². The van der Waals surface area contributed by atoms with Gasteiger partial charge in [-0.3, -0.25) is 4.98 Å². The molecule has 0 saturated heterocycles. The predicted octanol–water partition coefficient (Wildman–Crippen LogP) is 1.57. The van der Waals surface area contributed by atoms with Gasteiger partial charge < -0.3 is 10.6 Å². The van der Waals surface area contributed by atoms with Crippen LogP contribution in [0.15, 0.2) is 36.7 Å². The predicted molar refractivity (Wildman–Crippen MR) is 69.7 cm³/mol. The number of rotatable bonds is 3. The lowest BCUT2D eigenvalue weighted by Gasteiger charge is -2.18. The molecule has 2 aromatic rings. The molecule has 2 rings (SSSR count). The SMILES string of the molecule is CN(Cc1cccc(C#N)c1)c1cncc(N)n1. The average Bonchev–Trinajstić information content (AvgIpc) is 2.39. The summed E-state index contributed by atoms with van der Waals surface area (Å²) in [6, 6.07) is 9.60. The largest absolute Gasteiger partial charge is 0.382 e. The van der Waals surface area contributed by atoms with E-state index in [1.807, 2.05) is 30.1 Å². The van der Waals surface area contributed by atoms with E-state index in [0.717, 1.165) is 5.56 Å². The molecule has 0 spiro atoms. The number of anilines is 2. The fourth-order valence-electron chi connectivity index (χ4n) is 1.65. The molecule has 5 nitrogen and oxygen atoms in total. The molecule has 2 N–H and O–H groups in total. The Balaban J connectivity index is 2.16. The lowest BCUT2D eigenvalue weighted by molar-refractivity contribution is 0.891. The van der Waals surface area contributed by atoms with E-state index in [1.165, 1.54) is 6.20 Å². The molecular formula is C13H13N5. The Labute approximate surface area is 106 Å². The molecule has 1 aromatic heterocycles. The van der Waals surface area contributed by atoms with Gasteiger partial charge in [-0.2, -0.15) is 5.26 Å². The number of aromatic nitrogens is 2. The third-order valence-corrected chi connectivity index (χ3v) is 2.51. The van der Waals surface area contributed by atoms with Gasteiger partial charge in [0, 0.05) is 13.6 Å². The summed E-state index contributed by atoms with van der Waals surface area (Å²) in [5, 5.41) is 8.85. The summed E-state index contributed by atoms with van der Waals surface area (Å²) in [4.78, 5) is 10.1. The van der Waals surface area contributed by atoms with Crippen molar-refractivity contribution >= 4 is 11.6 Å². The summed E-state index contributed by atoms with van der Waals surface area (Å²) in [6.45, 7) is 0.646. The second kappa shape index (κ2) is 5.15. The van der Waals surface area contributed by atoms with Crippen molar-refractivity contribution < 1.29 is 0 Å². The highest BCUT2D eigenvalue weighted by Gasteiger charge is 2.05. The lowest BCUT2D eigenvalue weighted by atomic mass is 10.1. The monoisotopic (exact) mass is 239 g/mol. The van der Waals surface area contributed by atoms with Crippen molar-refractivity contribution in [3.8, 4) is 6.07 Å². The van der Waals surface area contributed by atoms with E-state index in [-0.39, 0.29) is 0 Å². The van der Waals surface area contributed by atoms with E-state index in [9.17, 15) is 0 Å². The summed E-state index contributed by atoms with van der Waals surface area (Å²) in [6.07, 6.45) is 3.16. The zero-order valence-electron chi connectivity index (χ0n) is 10.0. The lowest BCUT2D eigenvalue weighted by Crippen LogP contribution is -2.18. The van der Waals surface area contributed by atoms with Crippen molar-refractivity contribution in [3.63, 3.8) is 0 Å². The first-order valence-corrected chi connectivity index (χ1v) is 5.47. The zero-order chi connectivity index (χ0) is 13.0. The van der Waals surface area contributed by atoms with Gasteiger partial charge in [0.2, 0.25) is 0 Å². The molecule has 1 aromatic carbocycles. The molecule has 0 atom stereocenters. The first-order chi connectivity index (χ1) is 8.69. The molecule has 0 amide bonds. The fourth-order valence-corrected chi connectivity index (χ4v) is 1.65. The molecule has 0 bridgehead atoms. The van der Waals surface area contributed by atoms with Crippen LogP contribution in [0.3, 0.4) is 0 Å². The number of nitrogens with zero attached hydrogens (tertiary/aromatic N) is 4. The summed E-state index contributed by atoms with van der Waals surface area (Å²) in [7, 11) is 1.91. The Morgan fingerprint density at radius 3 is 2.94 bits per heavy atom. The molecular weight excluding hydrogens is 226 g/mol. The summed E-state index contributed by atoms with van der Waals surface area (Å²) in [5.74, 6) is 1.10. The second-order valence-corrected chi connectivity index (χ2v) is 3.97. The molecule has 0 saturated carbocycles. The van der Waals surface area contributed by atoms with Gasteiger partial charge >= 0.3 is 0 Å². The van der Waals surface area contributed by atoms with E-state index < -0.39 is 0 Å². The Bertz CT molecular complexity index is 588. The third kappa shape index (κ3) is 2.74. The van der Waals surface area contributed by atoms with Crippen LogP contribution in [0.5, 0.6) is 0 Å². The van der Waals surface area contributed by atoms with Crippen molar-refractivity contribution in [2.24, 2.45) is 0 Å². The summed E-state index contributed by atoms with van der Waals surface area (Å²) < 4.78 is 0. The van der Waals surface area contributed by atoms with Crippen LogP contribution in [0, 0.1) is 11.3 Å². The normalized spacial score (nSPS) is 9.78. The van der Waals surface area contributed by atoms with Crippen LogP contribution >= 0.6 is 0 Å². The van der Waals surface area contributed by atoms with Crippen molar-refractivity contribution in [2.45, 2.75) is 6.54 Å². The zero-order valence-corrected chi connectivity index (χ0v) is 10.0. The van der Waals surface area contributed by atoms with Crippen molar-refractivity contribution in [2.75, 3.05) is 17.7 Å². The molecule has 0 aliphatic carbocycles. The van der Waals surface area contributed by atoms with E-state index in [0.29, 0.717) is 23.7 Å². The summed E-state index contributed by atoms with van der Waals surface area (Å²) in [5.41, 5.74) is 7.29. The number of hydrogen-bond acceptors (Lipinski definition) is 5. The molecule has 0 fully saturated rings. The van der Waals surface area contributed by atoms with Crippen LogP contribution < -0.4 is 10.6 Å². The maximum absolute atomic E-state index is 8.85. The first-order valence-electron chi connectivity index (χ1n) is 5.47. The molecule has 18 heavy (non-hydrogen) atoms. The highest BCUT2D eigenvalue weighted by Crippen LogP contribution is 2.13.